The highest BCUT2D eigenvalue weighted by Gasteiger charge is 2.37. The number of piperidine rings is 1. The van der Waals surface area contributed by atoms with Crippen LogP contribution in [0.15, 0.2) is 0 Å². The van der Waals surface area contributed by atoms with Crippen molar-refractivity contribution in [2.45, 2.75) is 52.5 Å². The van der Waals surface area contributed by atoms with Gasteiger partial charge < -0.3 is 16.4 Å². The lowest BCUT2D eigenvalue weighted by atomic mass is 9.79. The van der Waals surface area contributed by atoms with E-state index >= 15 is 0 Å². The quantitative estimate of drug-likeness (QED) is 0.468. The molecule has 0 amide bonds. The van der Waals surface area contributed by atoms with Gasteiger partial charge in [-0.3, -0.25) is 4.55 Å². The third-order valence-electron chi connectivity index (χ3n) is 4.83. The molecule has 0 aromatic carbocycles. The van der Waals surface area contributed by atoms with Gasteiger partial charge >= 0.3 is 28.2 Å². The number of hydrogen-bond donors (Lipinski definition) is 3. The van der Waals surface area contributed by atoms with Gasteiger partial charge in [0.05, 0.1) is 0 Å². The summed E-state index contributed by atoms with van der Waals surface area (Å²) in [5, 5.41) is 0. The van der Waals surface area contributed by atoms with Gasteiger partial charge in [-0.15, -0.1) is 0 Å². The maximum absolute atomic E-state index is 10.9. The molecule has 0 aliphatic carbocycles. The zero-order valence-electron chi connectivity index (χ0n) is 14.8. The Labute approximate surface area is 148 Å². The van der Waals surface area contributed by atoms with Crippen molar-refractivity contribution < 1.29 is 22.0 Å². The molecule has 142 valence electrons. The van der Waals surface area contributed by atoms with Crippen molar-refractivity contribution in [2.75, 3.05) is 22.9 Å². The second kappa shape index (κ2) is 7.56. The maximum atomic E-state index is 10.9. The topological polar surface area (TPSA) is 149 Å². The highest BCUT2D eigenvalue weighted by Crippen LogP contribution is 2.35. The minimum absolute atomic E-state index is 0.255. The van der Waals surface area contributed by atoms with E-state index in [1.807, 2.05) is 0 Å². The fourth-order valence-electron chi connectivity index (χ4n) is 3.58. The van der Waals surface area contributed by atoms with Gasteiger partial charge in [0.1, 0.15) is 0 Å². The molecule has 1 aliphatic heterocycles. The van der Waals surface area contributed by atoms with E-state index in [0.29, 0.717) is 22.5 Å². The summed E-state index contributed by atoms with van der Waals surface area (Å²) >= 11 is 0. The number of nitrogens with two attached hydrogens (primary N) is 2. The van der Waals surface area contributed by atoms with Crippen LogP contribution < -0.4 is 25.4 Å². The van der Waals surface area contributed by atoms with Crippen LogP contribution in [0.2, 0.25) is 0 Å². The van der Waals surface area contributed by atoms with E-state index in [1.54, 1.807) is 0 Å². The van der Waals surface area contributed by atoms with Crippen LogP contribution in [0.5, 0.6) is 0 Å². The molecule has 5 N–H and O–H groups in total. The maximum Gasteiger partial charge on any atom is 0.472 e. The predicted molar refractivity (Wildman–Crippen MR) is 92.8 cm³/mol. The Kier molecular flexibility index (Phi) is 5.88. The van der Waals surface area contributed by atoms with Crippen molar-refractivity contribution in [1.82, 2.24) is 9.97 Å². The highest BCUT2D eigenvalue weighted by molar-refractivity contribution is 7.80. The Morgan fingerprint density at radius 3 is 2.24 bits per heavy atom. The summed E-state index contributed by atoms with van der Waals surface area (Å²) in [4.78, 5) is 10.4. The second-order valence-electron chi connectivity index (χ2n) is 6.34. The molecule has 10 nitrogen and oxygen atoms in total. The van der Waals surface area contributed by atoms with Gasteiger partial charge in [0.2, 0.25) is 0 Å². The van der Waals surface area contributed by atoms with Gasteiger partial charge in [0, 0.05) is 12.6 Å². The molecule has 1 saturated heterocycles. The number of hydrogen-bond acceptors (Lipinski definition) is 8. The van der Waals surface area contributed by atoms with Gasteiger partial charge in [0.15, 0.2) is 0 Å². The summed E-state index contributed by atoms with van der Waals surface area (Å²) < 4.78 is 35.4. The number of aromatic nitrogens is 3. The molecule has 3 atom stereocenters. The number of anilines is 3. The molecular weight excluding hydrogens is 348 g/mol. The summed E-state index contributed by atoms with van der Waals surface area (Å²) in [6.45, 7) is 7.23. The number of nitrogens with zero attached hydrogens (tertiary/aromatic N) is 4. The fourth-order valence-corrected chi connectivity index (χ4v) is 3.92. The van der Waals surface area contributed by atoms with E-state index in [2.05, 4.69) is 39.9 Å². The lowest BCUT2D eigenvalue weighted by molar-refractivity contribution is -0.836. The van der Waals surface area contributed by atoms with Crippen molar-refractivity contribution in [1.29, 1.82) is 0 Å². The molecule has 0 saturated carbocycles. The van der Waals surface area contributed by atoms with E-state index < -0.39 is 10.4 Å². The largest absolute Gasteiger partial charge is 0.472 e. The average Bonchev–Trinajstić information content (AvgIpc) is 2.55. The summed E-state index contributed by atoms with van der Waals surface area (Å²) in [5.41, 5.74) is 11.5. The molecule has 0 bridgehead atoms. The van der Waals surface area contributed by atoms with Crippen LogP contribution in [-0.2, 0) is 10.4 Å². The lowest BCUT2D eigenvalue weighted by Gasteiger charge is -2.43. The summed E-state index contributed by atoms with van der Waals surface area (Å²) in [6.07, 6.45) is 4.18. The van der Waals surface area contributed by atoms with E-state index in [4.69, 9.17) is 16.0 Å². The Morgan fingerprint density at radius 1 is 1.20 bits per heavy atom. The molecule has 1 aromatic rings. The highest BCUT2D eigenvalue weighted by atomic mass is 32.3. The van der Waals surface area contributed by atoms with Crippen molar-refractivity contribution in [3.63, 3.8) is 0 Å². The molecule has 1 aromatic heterocycles. The summed E-state index contributed by atoms with van der Waals surface area (Å²) in [7, 11) is -4.79. The fraction of sp³-hybridized carbons (Fsp3) is 0.786. The first-order chi connectivity index (χ1) is 11.7. The van der Waals surface area contributed by atoms with Crippen molar-refractivity contribution in [3.05, 3.63) is 0 Å². The van der Waals surface area contributed by atoms with Crippen LogP contribution >= 0.6 is 0 Å². The molecule has 2 rings (SSSR count). The zero-order valence-corrected chi connectivity index (χ0v) is 15.6. The van der Waals surface area contributed by atoms with Gasteiger partial charge in [0.25, 0.3) is 0 Å². The molecule has 2 heterocycles. The molecule has 1 fully saturated rings. The second-order valence-corrected chi connectivity index (χ2v) is 7.35. The van der Waals surface area contributed by atoms with E-state index in [0.717, 1.165) is 32.2 Å². The smallest absolute Gasteiger partial charge is 0.320 e. The molecule has 0 spiro atoms. The Hall–Kier alpha value is -1.88. The first-order valence-corrected chi connectivity index (χ1v) is 9.85. The molecule has 11 heteroatoms. The molecular formula is C14H27N6O4S+. The van der Waals surface area contributed by atoms with Crippen molar-refractivity contribution in [2.24, 2.45) is 11.8 Å². The third-order valence-corrected chi connectivity index (χ3v) is 5.16. The number of rotatable bonds is 6. The van der Waals surface area contributed by atoms with Gasteiger partial charge in [-0.1, -0.05) is 43.6 Å². The van der Waals surface area contributed by atoms with E-state index in [9.17, 15) is 8.42 Å². The molecule has 3 unspecified atom stereocenters. The Morgan fingerprint density at radius 2 is 1.80 bits per heavy atom. The van der Waals surface area contributed by atoms with Crippen LogP contribution in [0.1, 0.15) is 46.5 Å². The van der Waals surface area contributed by atoms with E-state index in [-0.39, 0.29) is 17.9 Å². The van der Waals surface area contributed by atoms with Crippen molar-refractivity contribution in [3.8, 4) is 0 Å². The van der Waals surface area contributed by atoms with Crippen LogP contribution in [-0.4, -0.2) is 35.5 Å². The van der Waals surface area contributed by atoms with Crippen LogP contribution in [0.4, 0.5) is 17.8 Å². The van der Waals surface area contributed by atoms with Crippen LogP contribution in [0, 0.1) is 11.8 Å². The minimum atomic E-state index is -4.79. The Bertz CT molecular complexity index is 690. The molecule has 25 heavy (non-hydrogen) atoms. The van der Waals surface area contributed by atoms with E-state index in [1.165, 1.54) is 0 Å². The SMILES string of the molecule is CCC1CC(CC)C(CC)N(c2nc(N)[n+](OS(=O)(=O)O)c(N)n2)C1. The zero-order chi connectivity index (χ0) is 18.8. The first-order valence-electron chi connectivity index (χ1n) is 8.49. The first kappa shape index (κ1) is 19.4. The summed E-state index contributed by atoms with van der Waals surface area (Å²) in [6, 6.07) is 0.255. The number of nitrogen functional groups attached to an aromatic ring is 2. The van der Waals surface area contributed by atoms with Gasteiger partial charge in [-0.2, -0.15) is 8.42 Å². The van der Waals surface area contributed by atoms with Crippen molar-refractivity contribution >= 4 is 28.2 Å². The minimum Gasteiger partial charge on any atom is -0.320 e. The Balaban J connectivity index is 2.41. The monoisotopic (exact) mass is 375 g/mol. The lowest BCUT2D eigenvalue weighted by Crippen LogP contribution is -2.53. The van der Waals surface area contributed by atoms with Crippen LogP contribution in [0.25, 0.3) is 0 Å². The van der Waals surface area contributed by atoms with Gasteiger partial charge in [-0.05, 0) is 29.4 Å². The third kappa shape index (κ3) is 4.40. The van der Waals surface area contributed by atoms with Gasteiger partial charge in [-0.25, -0.2) is 4.28 Å². The average molecular weight is 375 g/mol. The molecule has 1 aliphatic rings. The predicted octanol–water partition coefficient (Wildman–Crippen LogP) is 0.201. The molecule has 0 radical (unpaired) electrons. The standard InChI is InChI=1S/C14H26N6O4S/c1-4-9-7-10(5-2)11(6-3)19(8-9)14-17-12(15)20(13(16)18-14)24-25(21,22)23/h9-11H,4-8H2,1-3H3,(H4,15,16,17,18,21,22,23)/p+1. The van der Waals surface area contributed by atoms with Crippen LogP contribution in [0.3, 0.4) is 0 Å². The summed E-state index contributed by atoms with van der Waals surface area (Å²) in [5.74, 6) is 0.758. The normalized spacial score (nSPS) is 24.3.